The summed E-state index contributed by atoms with van der Waals surface area (Å²) in [6.45, 7) is 5.62. The van der Waals surface area contributed by atoms with Gasteiger partial charge in [0.25, 0.3) is 0 Å². The molecule has 0 fully saturated rings. The largest absolute Gasteiger partial charge is 0.444 e. The van der Waals surface area contributed by atoms with E-state index in [1.807, 2.05) is 13.8 Å². The Morgan fingerprint density at radius 1 is 1.50 bits per heavy atom. The predicted octanol–water partition coefficient (Wildman–Crippen LogP) is 1.22. The van der Waals surface area contributed by atoms with E-state index in [1.54, 1.807) is 6.92 Å². The van der Waals surface area contributed by atoms with Crippen molar-refractivity contribution in [1.82, 2.24) is 4.68 Å². The minimum atomic E-state index is 0. The molecule has 0 saturated carbocycles. The molecule has 0 bridgehead atoms. The van der Waals surface area contributed by atoms with Gasteiger partial charge in [-0.15, -0.1) is 0 Å². The van der Waals surface area contributed by atoms with Crippen molar-refractivity contribution < 1.29 is 32.7 Å². The molecule has 1 aromatic heterocycles. The Morgan fingerprint density at radius 3 is 2.42 bits per heavy atom. The van der Waals surface area contributed by atoms with E-state index >= 15 is 0 Å². The topological polar surface area (TPSA) is 43.3 Å². The number of nitrogens with two attached hydrogens (primary N) is 1. The Kier molecular flexibility index (Phi) is 4.72. The van der Waals surface area contributed by atoms with Crippen molar-refractivity contribution >= 4 is 12.0 Å². The molecular formula is C8H11N3Y-2. The van der Waals surface area contributed by atoms with Crippen molar-refractivity contribution in [3.05, 3.63) is 17.3 Å². The molecule has 0 aliphatic rings. The molecule has 1 heterocycles. The Labute approximate surface area is 97.9 Å². The smallest absolute Gasteiger partial charge is 0 e. The van der Waals surface area contributed by atoms with Crippen LogP contribution >= 0.6 is 0 Å². The summed E-state index contributed by atoms with van der Waals surface area (Å²) < 4.78 is 1.50. The van der Waals surface area contributed by atoms with E-state index in [9.17, 15) is 0 Å². The molecule has 3 nitrogen and oxygen atoms in total. The molecule has 4 heteroatoms. The molecule has 0 atom stereocenters. The maximum atomic E-state index is 5.69. The van der Waals surface area contributed by atoms with Crippen molar-refractivity contribution in [1.29, 1.82) is 0 Å². The number of anilines is 1. The standard InChI is InChI=1S/C8H11N3.Y/c1-4-10-11-5-6(2)7(3)8(11)9;/h9H2,1-3H3;/q-2;. The van der Waals surface area contributed by atoms with Gasteiger partial charge in [-0.05, 0) is 5.82 Å². The van der Waals surface area contributed by atoms with Crippen molar-refractivity contribution in [2.75, 3.05) is 5.73 Å². The average Bonchev–Trinajstić information content (AvgIpc) is 2.19. The van der Waals surface area contributed by atoms with E-state index in [4.69, 9.17) is 5.73 Å². The van der Waals surface area contributed by atoms with Crippen LogP contribution in [0.1, 0.15) is 18.1 Å². The van der Waals surface area contributed by atoms with Crippen molar-refractivity contribution in [3.63, 3.8) is 0 Å². The first-order chi connectivity index (χ1) is 5.16. The monoisotopic (exact) mass is 238 g/mol. The zero-order valence-electron chi connectivity index (χ0n) is 7.55. The number of nitrogens with zero attached hydrogens (tertiary/aromatic N) is 2. The second-order valence-electron chi connectivity index (χ2n) is 2.38. The molecule has 0 aliphatic heterocycles. The number of nitrogen functional groups attached to an aromatic ring is 1. The van der Waals surface area contributed by atoms with Gasteiger partial charge in [0.05, 0.1) is 0 Å². The van der Waals surface area contributed by atoms with Crippen LogP contribution in [0.5, 0.6) is 0 Å². The van der Waals surface area contributed by atoms with Crippen LogP contribution in [-0.2, 0) is 32.7 Å². The molecule has 0 amide bonds. The molecule has 0 aromatic carbocycles. The van der Waals surface area contributed by atoms with Gasteiger partial charge in [-0.3, -0.25) is 0 Å². The fourth-order valence-corrected chi connectivity index (χ4v) is 0.833. The molecule has 63 valence electrons. The molecule has 1 rings (SSSR count). The van der Waals surface area contributed by atoms with Gasteiger partial charge in [0.1, 0.15) is 0 Å². The maximum absolute atomic E-state index is 5.69. The van der Waals surface area contributed by atoms with E-state index in [-0.39, 0.29) is 32.7 Å². The normalized spacial score (nSPS) is 10.2. The Bertz CT molecular complexity index is 289. The summed E-state index contributed by atoms with van der Waals surface area (Å²) in [6.07, 6.45) is 5.62. The number of aryl methyl sites for hydroxylation is 1. The van der Waals surface area contributed by atoms with Crippen molar-refractivity contribution in [3.8, 4) is 0 Å². The molecule has 0 aliphatic carbocycles. The molecule has 1 radical (unpaired) electrons. The first-order valence-electron chi connectivity index (χ1n) is 3.41. The maximum Gasteiger partial charge on any atom is 0 e. The molecular weight excluding hydrogens is 227 g/mol. The Balaban J connectivity index is 0.00000121. The quantitative estimate of drug-likeness (QED) is 0.580. The minimum Gasteiger partial charge on any atom is -0.444 e. The summed E-state index contributed by atoms with van der Waals surface area (Å²) in [6, 6.07) is 0. The summed E-state index contributed by atoms with van der Waals surface area (Å²) >= 11 is 0. The van der Waals surface area contributed by atoms with Crippen LogP contribution in [0.3, 0.4) is 0 Å². The first-order valence-corrected chi connectivity index (χ1v) is 3.41. The van der Waals surface area contributed by atoms with Gasteiger partial charge in [0.15, 0.2) is 0 Å². The summed E-state index contributed by atoms with van der Waals surface area (Å²) in [4.78, 5) is 0. The van der Waals surface area contributed by atoms with E-state index < -0.39 is 0 Å². The third-order valence-corrected chi connectivity index (χ3v) is 1.65. The van der Waals surface area contributed by atoms with Crippen molar-refractivity contribution in [2.24, 2.45) is 5.10 Å². The van der Waals surface area contributed by atoms with Gasteiger partial charge < -0.3 is 21.7 Å². The average molecular weight is 238 g/mol. The van der Waals surface area contributed by atoms with E-state index in [0.29, 0.717) is 5.82 Å². The van der Waals surface area contributed by atoms with Crippen molar-refractivity contribution in [2.45, 2.75) is 20.8 Å². The SMILES string of the molecule is C[C-]=Nn1[c-]c(C)c(C)c1N.[Y]. The zero-order chi connectivity index (χ0) is 8.43. The van der Waals surface area contributed by atoms with Crippen LogP contribution in [0.15, 0.2) is 5.10 Å². The van der Waals surface area contributed by atoms with E-state index in [2.05, 4.69) is 17.5 Å². The van der Waals surface area contributed by atoms with E-state index in [0.717, 1.165) is 11.1 Å². The van der Waals surface area contributed by atoms with E-state index in [1.165, 1.54) is 4.68 Å². The van der Waals surface area contributed by atoms with Gasteiger partial charge in [-0.1, -0.05) is 20.0 Å². The number of aromatic nitrogens is 1. The predicted molar refractivity (Wildman–Crippen MR) is 45.7 cm³/mol. The molecule has 1 aromatic rings. The summed E-state index contributed by atoms with van der Waals surface area (Å²) in [5.41, 5.74) is 7.75. The van der Waals surface area contributed by atoms with Gasteiger partial charge in [-0.2, -0.15) is 18.1 Å². The van der Waals surface area contributed by atoms with Gasteiger partial charge in [0, 0.05) is 32.7 Å². The minimum absolute atomic E-state index is 0. The fourth-order valence-electron chi connectivity index (χ4n) is 0.833. The summed E-state index contributed by atoms with van der Waals surface area (Å²) in [5, 5.41) is 3.87. The summed E-state index contributed by atoms with van der Waals surface area (Å²) in [7, 11) is 0. The van der Waals surface area contributed by atoms with Crippen LogP contribution < -0.4 is 5.73 Å². The Morgan fingerprint density at radius 2 is 2.08 bits per heavy atom. The van der Waals surface area contributed by atoms with Gasteiger partial charge in [0.2, 0.25) is 0 Å². The third kappa shape index (κ3) is 2.17. The molecule has 0 spiro atoms. The van der Waals surface area contributed by atoms with Gasteiger partial charge in [-0.25, -0.2) is 0 Å². The number of hydrogen-bond acceptors (Lipinski definition) is 2. The van der Waals surface area contributed by atoms with Crippen LogP contribution in [0.25, 0.3) is 0 Å². The molecule has 12 heavy (non-hydrogen) atoms. The number of rotatable bonds is 1. The second-order valence-corrected chi connectivity index (χ2v) is 2.38. The summed E-state index contributed by atoms with van der Waals surface area (Å²) in [5.74, 6) is 0.636. The zero-order valence-corrected chi connectivity index (χ0v) is 10.4. The first kappa shape index (κ1) is 11.9. The molecule has 2 N–H and O–H groups in total. The molecule has 0 saturated heterocycles. The fraction of sp³-hybridized carbons (Fsp3) is 0.375. The van der Waals surface area contributed by atoms with Crippen LogP contribution in [0.2, 0.25) is 0 Å². The van der Waals surface area contributed by atoms with Crippen LogP contribution in [0, 0.1) is 20.0 Å². The van der Waals surface area contributed by atoms with Crippen LogP contribution in [-0.4, -0.2) is 10.9 Å². The molecule has 0 unspecified atom stereocenters. The number of hydrogen-bond donors (Lipinski definition) is 1. The Hall–Kier alpha value is -0.146. The van der Waals surface area contributed by atoms with Gasteiger partial charge >= 0.3 is 0 Å². The van der Waals surface area contributed by atoms with Crippen LogP contribution in [0.4, 0.5) is 5.82 Å². The second kappa shape index (κ2) is 4.78. The third-order valence-electron chi connectivity index (χ3n) is 1.65.